The molecule has 0 saturated heterocycles. The summed E-state index contributed by atoms with van der Waals surface area (Å²) >= 11 is 12.5. The third-order valence-corrected chi connectivity index (χ3v) is 5.40. The highest BCUT2D eigenvalue weighted by molar-refractivity contribution is 6.34. The molecule has 0 unspecified atom stereocenters. The summed E-state index contributed by atoms with van der Waals surface area (Å²) < 4.78 is 7.83. The van der Waals surface area contributed by atoms with Gasteiger partial charge in [0.25, 0.3) is 0 Å². The first-order valence-electron chi connectivity index (χ1n) is 9.24. The molecule has 30 heavy (non-hydrogen) atoms. The highest BCUT2D eigenvalue weighted by Gasteiger charge is 2.21. The lowest BCUT2D eigenvalue weighted by Crippen LogP contribution is -2.04. The van der Waals surface area contributed by atoms with Crippen LogP contribution in [0.3, 0.4) is 0 Å². The molecular formula is C24H14Cl2N2O2. The summed E-state index contributed by atoms with van der Waals surface area (Å²) in [7, 11) is 0. The molecule has 0 saturated carbocycles. The van der Waals surface area contributed by atoms with Gasteiger partial charge in [-0.25, -0.2) is 4.68 Å². The smallest absolute Gasteiger partial charge is 0.212 e. The third-order valence-electron chi connectivity index (χ3n) is 4.82. The Morgan fingerprint density at radius 2 is 1.57 bits per heavy atom. The molecule has 5 aromatic rings. The topological polar surface area (TPSA) is 48.0 Å². The summed E-state index contributed by atoms with van der Waals surface area (Å²) in [5.41, 5.74) is 3.14. The second-order valence-electron chi connectivity index (χ2n) is 6.75. The van der Waals surface area contributed by atoms with Gasteiger partial charge in [0, 0.05) is 16.8 Å². The van der Waals surface area contributed by atoms with Crippen LogP contribution >= 0.6 is 23.2 Å². The van der Waals surface area contributed by atoms with Crippen LogP contribution in [0.15, 0.2) is 94.3 Å². The number of nitrogens with zero attached hydrogens (tertiary/aromatic N) is 2. The zero-order valence-corrected chi connectivity index (χ0v) is 17.1. The zero-order chi connectivity index (χ0) is 20.7. The average molecular weight is 433 g/mol. The van der Waals surface area contributed by atoms with Crippen molar-refractivity contribution < 1.29 is 4.42 Å². The highest BCUT2D eigenvalue weighted by atomic mass is 35.5. The quantitative estimate of drug-likeness (QED) is 0.321. The van der Waals surface area contributed by atoms with Crippen molar-refractivity contribution in [1.29, 1.82) is 0 Å². The van der Waals surface area contributed by atoms with Crippen molar-refractivity contribution in [2.75, 3.05) is 0 Å². The van der Waals surface area contributed by atoms with Gasteiger partial charge in [-0.3, -0.25) is 4.79 Å². The Balaban J connectivity index is 1.80. The van der Waals surface area contributed by atoms with Gasteiger partial charge in [-0.2, -0.15) is 5.10 Å². The van der Waals surface area contributed by atoms with Crippen LogP contribution < -0.4 is 5.43 Å². The van der Waals surface area contributed by atoms with Gasteiger partial charge in [0.15, 0.2) is 5.76 Å². The van der Waals surface area contributed by atoms with Crippen LogP contribution in [0.4, 0.5) is 0 Å². The van der Waals surface area contributed by atoms with Crippen molar-refractivity contribution in [1.82, 2.24) is 9.78 Å². The van der Waals surface area contributed by atoms with Gasteiger partial charge in [-0.1, -0.05) is 71.7 Å². The van der Waals surface area contributed by atoms with Crippen molar-refractivity contribution >= 4 is 34.2 Å². The maximum absolute atomic E-state index is 12.9. The van der Waals surface area contributed by atoms with Gasteiger partial charge < -0.3 is 4.42 Å². The molecule has 0 aliphatic carbocycles. The molecular weight excluding hydrogens is 419 g/mol. The predicted molar refractivity (Wildman–Crippen MR) is 120 cm³/mol. The standard InChI is InChI=1S/C24H14Cl2N2O2/c25-16-11-12-20-18(13-16)23(29)21(26)24(30-20)19-14-28(17-9-5-2-6-10-17)27-22(19)15-7-3-1-4-8-15/h1-14H. The van der Waals surface area contributed by atoms with E-state index in [1.54, 1.807) is 22.9 Å². The van der Waals surface area contributed by atoms with E-state index in [-0.39, 0.29) is 16.2 Å². The van der Waals surface area contributed by atoms with Crippen LogP contribution in [0.25, 0.3) is 39.2 Å². The summed E-state index contributed by atoms with van der Waals surface area (Å²) in [6, 6.07) is 24.3. The molecule has 0 aliphatic rings. The first kappa shape index (κ1) is 18.7. The lowest BCUT2D eigenvalue weighted by molar-refractivity contribution is 0.619. The molecule has 4 nitrogen and oxygen atoms in total. The lowest BCUT2D eigenvalue weighted by atomic mass is 10.1. The molecule has 0 aliphatic heterocycles. The molecule has 3 aromatic carbocycles. The number of para-hydroxylation sites is 1. The Kier molecular flexibility index (Phi) is 4.66. The Hall–Kier alpha value is -3.34. The van der Waals surface area contributed by atoms with E-state index < -0.39 is 0 Å². The van der Waals surface area contributed by atoms with Crippen LogP contribution in [0.2, 0.25) is 10.0 Å². The fourth-order valence-corrected chi connectivity index (χ4v) is 3.79. The number of fused-ring (bicyclic) bond motifs is 1. The molecule has 146 valence electrons. The molecule has 0 fully saturated rings. The van der Waals surface area contributed by atoms with Crippen molar-refractivity contribution in [3.05, 3.63) is 105 Å². The molecule has 0 atom stereocenters. The normalized spacial score (nSPS) is 11.1. The van der Waals surface area contributed by atoms with Gasteiger partial charge in [0.2, 0.25) is 5.43 Å². The minimum atomic E-state index is -0.332. The first-order valence-corrected chi connectivity index (χ1v) is 10.00. The van der Waals surface area contributed by atoms with Gasteiger partial charge in [-0.15, -0.1) is 0 Å². The van der Waals surface area contributed by atoms with E-state index in [2.05, 4.69) is 0 Å². The van der Waals surface area contributed by atoms with Gasteiger partial charge >= 0.3 is 0 Å². The summed E-state index contributed by atoms with van der Waals surface area (Å²) in [5.74, 6) is 0.275. The molecule has 0 spiro atoms. The first-order chi connectivity index (χ1) is 14.6. The van der Waals surface area contributed by atoms with Crippen molar-refractivity contribution in [3.8, 4) is 28.3 Å². The van der Waals surface area contributed by atoms with Crippen molar-refractivity contribution in [2.45, 2.75) is 0 Å². The number of hydrogen-bond acceptors (Lipinski definition) is 3. The van der Waals surface area contributed by atoms with Crippen molar-refractivity contribution in [3.63, 3.8) is 0 Å². The van der Waals surface area contributed by atoms with E-state index >= 15 is 0 Å². The van der Waals surface area contributed by atoms with Crippen LogP contribution in [0, 0.1) is 0 Å². The van der Waals surface area contributed by atoms with Crippen LogP contribution in [0.1, 0.15) is 0 Å². The van der Waals surface area contributed by atoms with Crippen molar-refractivity contribution in [2.24, 2.45) is 0 Å². The van der Waals surface area contributed by atoms with E-state index in [1.165, 1.54) is 0 Å². The van der Waals surface area contributed by atoms with E-state index in [1.807, 2.05) is 66.9 Å². The summed E-state index contributed by atoms with van der Waals surface area (Å²) in [6.45, 7) is 0. The predicted octanol–water partition coefficient (Wildman–Crippen LogP) is 6.62. The number of hydrogen-bond donors (Lipinski definition) is 0. The fraction of sp³-hybridized carbons (Fsp3) is 0. The van der Waals surface area contributed by atoms with Gasteiger partial charge in [0.05, 0.1) is 16.6 Å². The van der Waals surface area contributed by atoms with Crippen LogP contribution in [0.5, 0.6) is 0 Å². The molecule has 2 aromatic heterocycles. The fourth-order valence-electron chi connectivity index (χ4n) is 3.38. The van der Waals surface area contributed by atoms with E-state index in [0.717, 1.165) is 11.3 Å². The monoisotopic (exact) mass is 432 g/mol. The summed E-state index contributed by atoms with van der Waals surface area (Å²) in [6.07, 6.45) is 1.82. The SMILES string of the molecule is O=c1c(Cl)c(-c2cn(-c3ccccc3)nc2-c2ccccc2)oc2ccc(Cl)cc12. The second kappa shape index (κ2) is 7.48. The number of benzene rings is 3. The van der Waals surface area contributed by atoms with E-state index in [9.17, 15) is 4.79 Å². The Bertz CT molecular complexity index is 1420. The Labute approximate surface area is 181 Å². The number of rotatable bonds is 3. The molecule has 0 radical (unpaired) electrons. The molecule has 0 N–H and O–H groups in total. The molecule has 2 heterocycles. The van der Waals surface area contributed by atoms with E-state index in [4.69, 9.17) is 32.7 Å². The molecule has 0 bridgehead atoms. The highest BCUT2D eigenvalue weighted by Crippen LogP contribution is 2.36. The maximum Gasteiger partial charge on any atom is 0.212 e. The Morgan fingerprint density at radius 3 is 2.30 bits per heavy atom. The van der Waals surface area contributed by atoms with Crippen LogP contribution in [-0.2, 0) is 0 Å². The minimum Gasteiger partial charge on any atom is -0.454 e. The number of aromatic nitrogens is 2. The molecule has 6 heteroatoms. The summed E-state index contributed by atoms with van der Waals surface area (Å²) in [5, 5.41) is 5.55. The third kappa shape index (κ3) is 3.20. The maximum atomic E-state index is 12.9. The molecule has 0 amide bonds. The van der Waals surface area contributed by atoms with Gasteiger partial charge in [0.1, 0.15) is 16.3 Å². The Morgan fingerprint density at radius 1 is 0.867 bits per heavy atom. The van der Waals surface area contributed by atoms with E-state index in [0.29, 0.717) is 27.2 Å². The van der Waals surface area contributed by atoms with Gasteiger partial charge in [-0.05, 0) is 30.3 Å². The summed E-state index contributed by atoms with van der Waals surface area (Å²) in [4.78, 5) is 12.9. The molecule has 5 rings (SSSR count). The average Bonchev–Trinajstić information content (AvgIpc) is 3.23. The second-order valence-corrected chi connectivity index (χ2v) is 7.57. The zero-order valence-electron chi connectivity index (χ0n) is 15.5. The van der Waals surface area contributed by atoms with Crippen LogP contribution in [-0.4, -0.2) is 9.78 Å². The minimum absolute atomic E-state index is 0.00504. The lowest BCUT2D eigenvalue weighted by Gasteiger charge is -2.06. The number of halogens is 2. The largest absolute Gasteiger partial charge is 0.454 e.